The Kier molecular flexibility index (Phi) is 4.38. The number of nitrogen functional groups attached to an aromatic ring is 1. The highest BCUT2D eigenvalue weighted by molar-refractivity contribution is 6.36. The lowest BCUT2D eigenvalue weighted by Gasteiger charge is -2.10. The second-order valence-electron chi connectivity index (χ2n) is 4.62. The van der Waals surface area contributed by atoms with Crippen molar-refractivity contribution in [1.29, 1.82) is 0 Å². The van der Waals surface area contributed by atoms with Gasteiger partial charge in [-0.05, 0) is 18.6 Å². The topological polar surface area (TPSA) is 52.0 Å². The van der Waals surface area contributed by atoms with Crippen LogP contribution in [0, 0.1) is 0 Å². The molecule has 1 aromatic carbocycles. The molecule has 3 nitrogen and oxygen atoms in total. The lowest BCUT2D eigenvalue weighted by molar-refractivity contribution is 0.362. The Morgan fingerprint density at radius 2 is 2.11 bits per heavy atom. The first-order chi connectivity index (χ1) is 9.04. The Labute approximate surface area is 122 Å². The van der Waals surface area contributed by atoms with Crippen molar-refractivity contribution in [3.63, 3.8) is 0 Å². The largest absolute Gasteiger partial charge is 0.380 e. The third-order valence-corrected chi connectivity index (χ3v) is 3.66. The maximum atomic E-state index is 6.24. The molecule has 5 heteroatoms. The molecule has 0 fully saturated rings. The van der Waals surface area contributed by atoms with Gasteiger partial charge in [-0.15, -0.1) is 0 Å². The first kappa shape index (κ1) is 14.2. The summed E-state index contributed by atoms with van der Waals surface area (Å²) >= 11 is 12.2. The Morgan fingerprint density at radius 1 is 1.37 bits per heavy atom. The van der Waals surface area contributed by atoms with Crippen LogP contribution < -0.4 is 5.73 Å². The quantitative estimate of drug-likeness (QED) is 0.851. The maximum Gasteiger partial charge on any atom is 0.175 e. The second kappa shape index (κ2) is 5.85. The summed E-state index contributed by atoms with van der Waals surface area (Å²) in [6.45, 7) is 4.22. The van der Waals surface area contributed by atoms with Crippen LogP contribution in [0.3, 0.4) is 0 Å². The van der Waals surface area contributed by atoms with Crippen molar-refractivity contribution >= 4 is 29.0 Å². The molecule has 0 spiro atoms. The molecule has 1 unspecified atom stereocenters. The minimum Gasteiger partial charge on any atom is -0.380 e. The van der Waals surface area contributed by atoms with Crippen LogP contribution in [0.5, 0.6) is 0 Å². The molecular weight excluding hydrogens is 283 g/mol. The van der Waals surface area contributed by atoms with Gasteiger partial charge in [0, 0.05) is 16.5 Å². The Hall–Kier alpha value is -1.19. The lowest BCUT2D eigenvalue weighted by Crippen LogP contribution is -1.96. The van der Waals surface area contributed by atoms with Crippen molar-refractivity contribution < 1.29 is 4.52 Å². The van der Waals surface area contributed by atoms with E-state index in [-0.39, 0.29) is 5.92 Å². The van der Waals surface area contributed by atoms with Crippen molar-refractivity contribution in [1.82, 2.24) is 5.16 Å². The first-order valence-corrected chi connectivity index (χ1v) is 7.00. The third-order valence-electron chi connectivity index (χ3n) is 3.11. The van der Waals surface area contributed by atoms with Crippen LogP contribution in [-0.2, 0) is 0 Å². The molecule has 1 aromatic heterocycles. The molecule has 2 rings (SSSR count). The highest BCUT2D eigenvalue weighted by atomic mass is 35.5. The molecule has 1 heterocycles. The molecule has 0 aliphatic carbocycles. The number of rotatable bonds is 4. The molecule has 0 saturated heterocycles. The molecule has 0 radical (unpaired) electrons. The average molecular weight is 299 g/mol. The van der Waals surface area contributed by atoms with Gasteiger partial charge < -0.3 is 10.3 Å². The molecule has 0 aliphatic heterocycles. The van der Waals surface area contributed by atoms with Crippen molar-refractivity contribution in [2.45, 2.75) is 32.6 Å². The van der Waals surface area contributed by atoms with Crippen LogP contribution >= 0.6 is 23.2 Å². The molecule has 0 aliphatic rings. The van der Waals surface area contributed by atoms with Crippen LogP contribution in [0.2, 0.25) is 10.0 Å². The molecule has 2 N–H and O–H groups in total. The fourth-order valence-corrected chi connectivity index (χ4v) is 2.68. The van der Waals surface area contributed by atoms with Crippen molar-refractivity contribution in [3.8, 4) is 11.1 Å². The molecule has 2 aromatic rings. The summed E-state index contributed by atoms with van der Waals surface area (Å²) in [5.74, 6) is 1.39. The number of halogens is 2. The highest BCUT2D eigenvalue weighted by Gasteiger charge is 2.22. The number of benzene rings is 1. The van der Waals surface area contributed by atoms with Crippen molar-refractivity contribution in [3.05, 3.63) is 34.0 Å². The van der Waals surface area contributed by atoms with E-state index in [0.29, 0.717) is 15.9 Å². The number of nitrogens with two attached hydrogens (primary N) is 1. The molecule has 102 valence electrons. The molecule has 1 atom stereocenters. The van der Waals surface area contributed by atoms with Crippen LogP contribution in [0.15, 0.2) is 22.7 Å². The Morgan fingerprint density at radius 3 is 2.74 bits per heavy atom. The SMILES string of the molecule is CCCC(C)c1onc(N)c1-c1ccc(Cl)cc1Cl. The van der Waals surface area contributed by atoms with E-state index < -0.39 is 0 Å². The van der Waals surface area contributed by atoms with Crippen molar-refractivity contribution in [2.75, 3.05) is 5.73 Å². The summed E-state index contributed by atoms with van der Waals surface area (Å²) in [5.41, 5.74) is 7.51. The zero-order chi connectivity index (χ0) is 14.0. The zero-order valence-electron chi connectivity index (χ0n) is 10.9. The van der Waals surface area contributed by atoms with Crippen molar-refractivity contribution in [2.24, 2.45) is 0 Å². The van der Waals surface area contributed by atoms with Gasteiger partial charge in [-0.2, -0.15) is 0 Å². The Bertz CT molecular complexity index is 581. The molecule has 0 bridgehead atoms. The minimum absolute atomic E-state index is 0.247. The summed E-state index contributed by atoms with van der Waals surface area (Å²) in [7, 11) is 0. The van der Waals surface area contributed by atoms with Crippen LogP contribution in [0.4, 0.5) is 5.82 Å². The van der Waals surface area contributed by atoms with Gasteiger partial charge in [-0.3, -0.25) is 0 Å². The predicted molar refractivity (Wildman–Crippen MR) is 79.7 cm³/mol. The van der Waals surface area contributed by atoms with Crippen LogP contribution in [0.1, 0.15) is 38.4 Å². The standard InChI is InChI=1S/C14H16Cl2N2O/c1-3-4-8(2)13-12(14(17)18-19-13)10-6-5-9(15)7-11(10)16/h5-8H,3-4H2,1-2H3,(H2,17,18). The fraction of sp³-hybridized carbons (Fsp3) is 0.357. The van der Waals surface area contributed by atoms with E-state index >= 15 is 0 Å². The first-order valence-electron chi connectivity index (χ1n) is 6.25. The van der Waals surface area contributed by atoms with Gasteiger partial charge in [0.05, 0.1) is 10.6 Å². The van der Waals surface area contributed by atoms with Gasteiger partial charge in [-0.1, -0.05) is 54.7 Å². The van der Waals surface area contributed by atoms with E-state index in [4.69, 9.17) is 33.5 Å². The van der Waals surface area contributed by atoms with E-state index in [1.807, 2.05) is 6.07 Å². The fourth-order valence-electron chi connectivity index (χ4n) is 2.18. The third kappa shape index (κ3) is 2.88. The number of nitrogens with zero attached hydrogens (tertiary/aromatic N) is 1. The molecular formula is C14H16Cl2N2O. The number of anilines is 1. The summed E-state index contributed by atoms with van der Waals surface area (Å²) in [6, 6.07) is 5.32. The summed E-state index contributed by atoms with van der Waals surface area (Å²) in [4.78, 5) is 0. The number of hydrogen-bond acceptors (Lipinski definition) is 3. The van der Waals surface area contributed by atoms with E-state index in [1.165, 1.54) is 0 Å². The molecule has 0 amide bonds. The predicted octanol–water partition coefficient (Wildman–Crippen LogP) is 5.13. The van der Waals surface area contributed by atoms with Gasteiger partial charge in [0.1, 0.15) is 5.76 Å². The summed E-state index contributed by atoms with van der Waals surface area (Å²) in [6.07, 6.45) is 2.07. The number of hydrogen-bond donors (Lipinski definition) is 1. The zero-order valence-corrected chi connectivity index (χ0v) is 12.4. The van der Waals surface area contributed by atoms with Gasteiger partial charge in [-0.25, -0.2) is 0 Å². The van der Waals surface area contributed by atoms with E-state index in [1.54, 1.807) is 12.1 Å². The minimum atomic E-state index is 0.247. The summed E-state index contributed by atoms with van der Waals surface area (Å²) in [5, 5.41) is 5.01. The van der Waals surface area contributed by atoms with Gasteiger partial charge in [0.15, 0.2) is 5.82 Å². The van der Waals surface area contributed by atoms with Gasteiger partial charge >= 0.3 is 0 Å². The number of aromatic nitrogens is 1. The smallest absolute Gasteiger partial charge is 0.175 e. The normalized spacial score (nSPS) is 12.6. The maximum absolute atomic E-state index is 6.24. The monoisotopic (exact) mass is 298 g/mol. The van der Waals surface area contributed by atoms with Gasteiger partial charge in [0.25, 0.3) is 0 Å². The lowest BCUT2D eigenvalue weighted by atomic mass is 9.95. The summed E-state index contributed by atoms with van der Waals surface area (Å²) < 4.78 is 5.38. The average Bonchev–Trinajstić information content (AvgIpc) is 2.72. The molecule has 19 heavy (non-hydrogen) atoms. The van der Waals surface area contributed by atoms with E-state index in [0.717, 1.165) is 29.7 Å². The van der Waals surface area contributed by atoms with Crippen LogP contribution in [0.25, 0.3) is 11.1 Å². The Balaban J connectivity index is 2.52. The highest BCUT2D eigenvalue weighted by Crippen LogP contribution is 2.39. The van der Waals surface area contributed by atoms with Gasteiger partial charge in [0.2, 0.25) is 0 Å². The van der Waals surface area contributed by atoms with E-state index in [9.17, 15) is 0 Å². The second-order valence-corrected chi connectivity index (χ2v) is 5.46. The van der Waals surface area contributed by atoms with E-state index in [2.05, 4.69) is 19.0 Å². The van der Waals surface area contributed by atoms with Crippen LogP contribution in [-0.4, -0.2) is 5.16 Å². The molecule has 0 saturated carbocycles.